The van der Waals surface area contributed by atoms with Gasteiger partial charge in [0.25, 0.3) is 0 Å². The van der Waals surface area contributed by atoms with Crippen LogP contribution in [-0.2, 0) is 27.9 Å². The van der Waals surface area contributed by atoms with Gasteiger partial charge in [-0.2, -0.15) is 0 Å². The van der Waals surface area contributed by atoms with Crippen LogP contribution in [0.4, 0.5) is 0 Å². The normalized spacial score (nSPS) is 19.5. The van der Waals surface area contributed by atoms with Crippen LogP contribution >= 0.6 is 7.60 Å². The van der Waals surface area contributed by atoms with E-state index in [1.807, 2.05) is 0 Å². The summed E-state index contributed by atoms with van der Waals surface area (Å²) in [5, 5.41) is 0. The Morgan fingerprint density at radius 2 is 2.00 bits per heavy atom. The van der Waals surface area contributed by atoms with Crippen LogP contribution in [0, 0.1) is 0 Å². The van der Waals surface area contributed by atoms with E-state index < -0.39 is 25.8 Å². The van der Waals surface area contributed by atoms with Crippen molar-refractivity contribution in [2.75, 3.05) is 19.4 Å². The summed E-state index contributed by atoms with van der Waals surface area (Å²) in [7, 11) is -3.42. The summed E-state index contributed by atoms with van der Waals surface area (Å²) in [5.74, 6) is -0.629. The molecule has 0 radical (unpaired) electrons. The van der Waals surface area contributed by atoms with Gasteiger partial charge in [-0.1, -0.05) is 0 Å². The molecule has 0 aromatic heterocycles. The molecule has 0 heterocycles. The highest BCUT2D eigenvalue weighted by Gasteiger charge is 2.30. The minimum absolute atomic E-state index is 0.0154. The first-order valence-electron chi connectivity index (χ1n) is 6.27. The van der Waals surface area contributed by atoms with Crippen LogP contribution in [0.5, 0.6) is 0 Å². The van der Waals surface area contributed by atoms with E-state index in [-0.39, 0.29) is 19.0 Å². The minimum atomic E-state index is -3.42. The van der Waals surface area contributed by atoms with Crippen LogP contribution in [0.25, 0.3) is 0 Å². The summed E-state index contributed by atoms with van der Waals surface area (Å²) in [6.45, 7) is 3.74. The van der Waals surface area contributed by atoms with Gasteiger partial charge in [0.1, 0.15) is 12.3 Å². The summed E-state index contributed by atoms with van der Waals surface area (Å²) < 4.78 is 27.2. The van der Waals surface area contributed by atoms with E-state index >= 15 is 0 Å². The van der Waals surface area contributed by atoms with E-state index in [4.69, 9.17) is 13.8 Å². The Labute approximate surface area is 112 Å². The molecule has 0 spiro atoms. The Morgan fingerprint density at radius 1 is 1.37 bits per heavy atom. The maximum absolute atomic E-state index is 12.1. The summed E-state index contributed by atoms with van der Waals surface area (Å²) in [6.07, 6.45) is 2.88. The molecule has 0 amide bonds. The Hall–Kier alpha value is -0.970. The van der Waals surface area contributed by atoms with Crippen molar-refractivity contribution in [1.29, 1.82) is 0 Å². The van der Waals surface area contributed by atoms with Gasteiger partial charge in [0.2, 0.25) is 0 Å². The second-order valence-corrected chi connectivity index (χ2v) is 6.05. The molecular formula is C12H19O6P. The number of hydrogen-bond acceptors (Lipinski definition) is 6. The first kappa shape index (κ1) is 16.1. The lowest BCUT2D eigenvalue weighted by Gasteiger charge is -2.19. The maximum atomic E-state index is 12.1. The summed E-state index contributed by atoms with van der Waals surface area (Å²) in [5.41, 5.74) is 0. The number of carbonyl (C=O) groups excluding carboxylic acids is 2. The fraction of sp³-hybridized carbons (Fsp3) is 0.667. The van der Waals surface area contributed by atoms with Crippen LogP contribution in [-0.4, -0.2) is 37.2 Å². The van der Waals surface area contributed by atoms with Crippen molar-refractivity contribution in [3.63, 3.8) is 0 Å². The van der Waals surface area contributed by atoms with Crippen LogP contribution < -0.4 is 0 Å². The van der Waals surface area contributed by atoms with E-state index in [1.165, 1.54) is 12.2 Å². The second-order valence-electron chi connectivity index (χ2n) is 4.00. The summed E-state index contributed by atoms with van der Waals surface area (Å²) in [6, 6.07) is 0. The van der Waals surface area contributed by atoms with Crippen LogP contribution in [0.1, 0.15) is 26.7 Å². The van der Waals surface area contributed by atoms with E-state index in [2.05, 4.69) is 0 Å². The lowest BCUT2D eigenvalue weighted by atomic mass is 10.0. The molecule has 0 saturated carbocycles. The number of rotatable bonds is 7. The summed E-state index contributed by atoms with van der Waals surface area (Å²) >= 11 is 0. The summed E-state index contributed by atoms with van der Waals surface area (Å²) in [4.78, 5) is 22.7. The fourth-order valence-corrected chi connectivity index (χ4v) is 3.10. The van der Waals surface area contributed by atoms with Gasteiger partial charge in [-0.05, 0) is 32.4 Å². The third kappa shape index (κ3) is 5.68. The first-order chi connectivity index (χ1) is 8.99. The molecule has 1 rings (SSSR count). The highest BCUT2D eigenvalue weighted by Crippen LogP contribution is 2.47. The van der Waals surface area contributed by atoms with Crippen molar-refractivity contribution in [3.05, 3.63) is 12.2 Å². The zero-order valence-electron chi connectivity index (χ0n) is 11.2. The van der Waals surface area contributed by atoms with E-state index in [0.717, 1.165) is 0 Å². The lowest BCUT2D eigenvalue weighted by molar-refractivity contribution is -0.145. The van der Waals surface area contributed by atoms with Crippen LogP contribution in [0.15, 0.2) is 12.2 Å². The van der Waals surface area contributed by atoms with Crippen molar-refractivity contribution in [1.82, 2.24) is 0 Å². The quantitative estimate of drug-likeness (QED) is 0.527. The average Bonchev–Trinajstić information content (AvgIpc) is 2.32. The van der Waals surface area contributed by atoms with Crippen LogP contribution in [0.3, 0.4) is 0 Å². The predicted molar refractivity (Wildman–Crippen MR) is 69.0 cm³/mol. The molecule has 1 aliphatic rings. The molecule has 0 fully saturated rings. The number of ketones is 1. The van der Waals surface area contributed by atoms with Gasteiger partial charge in [-0.25, -0.2) is 0 Å². The number of ether oxygens (including phenoxy) is 1. The van der Waals surface area contributed by atoms with Crippen molar-refractivity contribution in [2.24, 2.45) is 0 Å². The maximum Gasteiger partial charge on any atom is 0.341 e. The molecule has 0 N–H and O–H groups in total. The number of hydrogen-bond donors (Lipinski definition) is 0. The highest BCUT2D eigenvalue weighted by molar-refractivity contribution is 7.54. The Balaban J connectivity index is 2.51. The molecule has 0 aromatic rings. The van der Waals surface area contributed by atoms with Crippen LogP contribution in [0.2, 0.25) is 0 Å². The van der Waals surface area contributed by atoms with Crippen molar-refractivity contribution < 1.29 is 27.9 Å². The first-order valence-corrected chi connectivity index (χ1v) is 8.00. The van der Waals surface area contributed by atoms with Gasteiger partial charge in [-0.15, -0.1) is 0 Å². The van der Waals surface area contributed by atoms with Gasteiger partial charge in [0.15, 0.2) is 5.78 Å². The van der Waals surface area contributed by atoms with E-state index in [9.17, 15) is 14.2 Å². The monoisotopic (exact) mass is 290 g/mol. The molecule has 1 atom stereocenters. The average molecular weight is 290 g/mol. The molecule has 1 aliphatic carbocycles. The predicted octanol–water partition coefficient (Wildman–Crippen LogP) is 2.08. The topological polar surface area (TPSA) is 78.9 Å². The zero-order chi connectivity index (χ0) is 14.3. The molecule has 0 bridgehead atoms. The van der Waals surface area contributed by atoms with Crippen molar-refractivity contribution >= 4 is 19.3 Å². The molecule has 0 saturated heterocycles. The van der Waals surface area contributed by atoms with Crippen molar-refractivity contribution in [2.45, 2.75) is 32.8 Å². The standard InChI is InChI=1S/C12H19O6P/c1-3-16-19(15,17-4-2)9-12(14)18-11-7-5-10(13)6-8-11/h5,7,11H,3-4,6,8-9H2,1-2H3. The van der Waals surface area contributed by atoms with Gasteiger partial charge < -0.3 is 13.8 Å². The third-order valence-electron chi connectivity index (χ3n) is 2.43. The lowest BCUT2D eigenvalue weighted by Crippen LogP contribution is -2.23. The van der Waals surface area contributed by atoms with E-state index in [0.29, 0.717) is 12.8 Å². The number of carbonyl (C=O) groups is 2. The number of esters is 1. The molecule has 0 aliphatic heterocycles. The van der Waals surface area contributed by atoms with Gasteiger partial charge >= 0.3 is 13.6 Å². The van der Waals surface area contributed by atoms with E-state index in [1.54, 1.807) is 13.8 Å². The van der Waals surface area contributed by atoms with Gasteiger partial charge in [0.05, 0.1) is 13.2 Å². The fourth-order valence-electron chi connectivity index (χ4n) is 1.66. The van der Waals surface area contributed by atoms with Crippen molar-refractivity contribution in [3.8, 4) is 0 Å². The Bertz CT molecular complexity index is 393. The SMILES string of the molecule is CCOP(=O)(CC(=O)OC1C=CC(=O)CC1)OCC. The Kier molecular flexibility index (Phi) is 6.42. The highest BCUT2D eigenvalue weighted by atomic mass is 31.2. The molecule has 1 unspecified atom stereocenters. The molecule has 0 aromatic carbocycles. The zero-order valence-corrected chi connectivity index (χ0v) is 12.1. The molecule has 19 heavy (non-hydrogen) atoms. The minimum Gasteiger partial charge on any atom is -0.458 e. The second kappa shape index (κ2) is 7.58. The molecule has 108 valence electrons. The third-order valence-corrected chi connectivity index (χ3v) is 4.38. The van der Waals surface area contributed by atoms with Gasteiger partial charge in [0, 0.05) is 6.42 Å². The molecule has 6 nitrogen and oxygen atoms in total. The van der Waals surface area contributed by atoms with Gasteiger partial charge in [-0.3, -0.25) is 14.2 Å². The molecule has 7 heteroatoms. The largest absolute Gasteiger partial charge is 0.458 e. The Morgan fingerprint density at radius 3 is 2.47 bits per heavy atom. The smallest absolute Gasteiger partial charge is 0.341 e. The number of allylic oxidation sites excluding steroid dienone is 1. The molecular weight excluding hydrogens is 271 g/mol.